The Kier molecular flexibility index (Phi) is 5.47. The Morgan fingerprint density at radius 3 is 2.75 bits per heavy atom. The van der Waals surface area contributed by atoms with Gasteiger partial charge in [0.25, 0.3) is 0 Å². The number of nitrogens with two attached hydrogens (primary N) is 1. The molecule has 1 atom stereocenters. The molecule has 0 radical (unpaired) electrons. The summed E-state index contributed by atoms with van der Waals surface area (Å²) in [5, 5.41) is 0. The first kappa shape index (κ1) is 15.4. The highest BCUT2D eigenvalue weighted by Gasteiger charge is 2.20. The van der Waals surface area contributed by atoms with Gasteiger partial charge in [0.2, 0.25) is 0 Å². The summed E-state index contributed by atoms with van der Waals surface area (Å²) >= 11 is 0. The minimum Gasteiger partial charge on any atom is -0.371 e. The summed E-state index contributed by atoms with van der Waals surface area (Å²) in [6.07, 6.45) is 5.01. The lowest BCUT2D eigenvalue weighted by Crippen LogP contribution is -2.26. The molecule has 2 rings (SSSR count). The molecule has 0 bridgehead atoms. The Morgan fingerprint density at radius 1 is 1.25 bits per heavy atom. The Hall–Kier alpha value is -1.02. The number of aryl methyl sites for hydroxylation is 1. The molecule has 1 aliphatic rings. The summed E-state index contributed by atoms with van der Waals surface area (Å²) < 4.78 is 0. The van der Waals surface area contributed by atoms with Crippen LogP contribution in [0.1, 0.15) is 44.2 Å². The van der Waals surface area contributed by atoms with Gasteiger partial charge in [-0.2, -0.15) is 0 Å². The number of hydrogen-bond donors (Lipinski definition) is 1. The summed E-state index contributed by atoms with van der Waals surface area (Å²) in [5.74, 6) is 1.71. The van der Waals surface area contributed by atoms with E-state index in [1.807, 2.05) is 0 Å². The van der Waals surface area contributed by atoms with Crippen molar-refractivity contribution < 1.29 is 0 Å². The molecule has 1 heterocycles. The number of hydrogen-bond acceptors (Lipinski definition) is 2. The lowest BCUT2D eigenvalue weighted by Gasteiger charge is -2.26. The molecule has 0 amide bonds. The van der Waals surface area contributed by atoms with Crippen LogP contribution in [0.15, 0.2) is 18.2 Å². The van der Waals surface area contributed by atoms with Gasteiger partial charge in [0.15, 0.2) is 0 Å². The number of rotatable bonds is 4. The van der Waals surface area contributed by atoms with Gasteiger partial charge in [-0.15, -0.1) is 0 Å². The molecule has 0 spiro atoms. The summed E-state index contributed by atoms with van der Waals surface area (Å²) in [6, 6.07) is 6.85. The van der Waals surface area contributed by atoms with Gasteiger partial charge in [-0.25, -0.2) is 0 Å². The van der Waals surface area contributed by atoms with Crippen molar-refractivity contribution in [2.75, 3.05) is 24.5 Å². The van der Waals surface area contributed by atoms with Crippen LogP contribution in [-0.4, -0.2) is 19.6 Å². The van der Waals surface area contributed by atoms with Crippen molar-refractivity contribution in [2.24, 2.45) is 17.6 Å². The van der Waals surface area contributed by atoms with Crippen molar-refractivity contribution in [2.45, 2.75) is 46.5 Å². The van der Waals surface area contributed by atoms with E-state index in [-0.39, 0.29) is 0 Å². The van der Waals surface area contributed by atoms with E-state index in [1.165, 1.54) is 49.2 Å². The predicted octanol–water partition coefficient (Wildman–Crippen LogP) is 3.76. The van der Waals surface area contributed by atoms with E-state index in [4.69, 9.17) is 5.73 Å². The molecule has 1 aromatic carbocycles. The van der Waals surface area contributed by atoms with Crippen LogP contribution in [0, 0.1) is 18.8 Å². The average Bonchev–Trinajstić information content (AvgIpc) is 2.65. The molecular formula is C18H30N2. The van der Waals surface area contributed by atoms with Crippen LogP contribution in [0.25, 0.3) is 0 Å². The standard InChI is InChI=1S/C18H30N2/c1-14(2)16-5-4-11-20(12-9-16)18-7-6-15(3)13-17(18)8-10-19/h6-7,13-14,16H,4-5,8-12,19H2,1-3H3. The molecule has 1 fully saturated rings. The van der Waals surface area contributed by atoms with Gasteiger partial charge >= 0.3 is 0 Å². The molecule has 1 saturated heterocycles. The van der Waals surface area contributed by atoms with Crippen LogP contribution in [0.2, 0.25) is 0 Å². The number of nitrogens with zero attached hydrogens (tertiary/aromatic N) is 1. The molecule has 2 heteroatoms. The summed E-state index contributed by atoms with van der Waals surface area (Å²) in [6.45, 7) is 10.0. The fourth-order valence-corrected chi connectivity index (χ4v) is 3.41. The Balaban J connectivity index is 2.14. The SMILES string of the molecule is Cc1ccc(N2CCCC(C(C)C)CC2)c(CCN)c1. The number of anilines is 1. The summed E-state index contributed by atoms with van der Waals surface area (Å²) in [4.78, 5) is 2.59. The third kappa shape index (κ3) is 3.76. The van der Waals surface area contributed by atoms with E-state index in [0.29, 0.717) is 0 Å². The maximum absolute atomic E-state index is 5.78. The third-order valence-electron chi connectivity index (χ3n) is 4.70. The predicted molar refractivity (Wildman–Crippen MR) is 88.3 cm³/mol. The molecule has 0 saturated carbocycles. The highest BCUT2D eigenvalue weighted by molar-refractivity contribution is 5.55. The second-order valence-electron chi connectivity index (χ2n) is 6.59. The number of benzene rings is 1. The van der Waals surface area contributed by atoms with Crippen molar-refractivity contribution in [3.8, 4) is 0 Å². The molecule has 20 heavy (non-hydrogen) atoms. The summed E-state index contributed by atoms with van der Waals surface area (Å²) in [5.41, 5.74) is 9.97. The van der Waals surface area contributed by atoms with Crippen LogP contribution in [0.3, 0.4) is 0 Å². The zero-order valence-corrected chi connectivity index (χ0v) is 13.4. The van der Waals surface area contributed by atoms with Crippen LogP contribution < -0.4 is 10.6 Å². The maximum atomic E-state index is 5.78. The van der Waals surface area contributed by atoms with Crippen molar-refractivity contribution in [1.29, 1.82) is 0 Å². The molecule has 1 unspecified atom stereocenters. The van der Waals surface area contributed by atoms with Gasteiger partial charge in [0, 0.05) is 18.8 Å². The Morgan fingerprint density at radius 2 is 2.05 bits per heavy atom. The fraction of sp³-hybridized carbons (Fsp3) is 0.667. The highest BCUT2D eigenvalue weighted by atomic mass is 15.1. The van der Waals surface area contributed by atoms with Crippen LogP contribution in [0.5, 0.6) is 0 Å². The van der Waals surface area contributed by atoms with Gasteiger partial charge < -0.3 is 10.6 Å². The first-order chi connectivity index (χ1) is 9.61. The first-order valence-corrected chi connectivity index (χ1v) is 8.16. The molecule has 1 aliphatic heterocycles. The van der Waals surface area contributed by atoms with E-state index >= 15 is 0 Å². The molecule has 2 N–H and O–H groups in total. The van der Waals surface area contributed by atoms with Crippen molar-refractivity contribution >= 4 is 5.69 Å². The molecule has 2 nitrogen and oxygen atoms in total. The quantitative estimate of drug-likeness (QED) is 0.906. The molecule has 1 aromatic rings. The molecule has 0 aromatic heterocycles. The lowest BCUT2D eigenvalue weighted by atomic mass is 9.89. The molecule has 0 aliphatic carbocycles. The average molecular weight is 274 g/mol. The zero-order valence-electron chi connectivity index (χ0n) is 13.4. The lowest BCUT2D eigenvalue weighted by molar-refractivity contribution is 0.351. The van der Waals surface area contributed by atoms with Crippen molar-refractivity contribution in [3.05, 3.63) is 29.3 Å². The largest absolute Gasteiger partial charge is 0.371 e. The van der Waals surface area contributed by atoms with Gasteiger partial charge in [-0.1, -0.05) is 31.5 Å². The maximum Gasteiger partial charge on any atom is 0.0399 e. The fourth-order valence-electron chi connectivity index (χ4n) is 3.41. The summed E-state index contributed by atoms with van der Waals surface area (Å²) in [7, 11) is 0. The normalized spacial score (nSPS) is 20.2. The van der Waals surface area contributed by atoms with E-state index < -0.39 is 0 Å². The minimum absolute atomic E-state index is 0.735. The third-order valence-corrected chi connectivity index (χ3v) is 4.70. The monoisotopic (exact) mass is 274 g/mol. The van der Waals surface area contributed by atoms with Gasteiger partial charge in [-0.3, -0.25) is 0 Å². The van der Waals surface area contributed by atoms with E-state index in [2.05, 4.69) is 43.9 Å². The smallest absolute Gasteiger partial charge is 0.0399 e. The van der Waals surface area contributed by atoms with E-state index in [0.717, 1.165) is 24.8 Å². The van der Waals surface area contributed by atoms with Gasteiger partial charge in [0.1, 0.15) is 0 Å². The highest BCUT2D eigenvalue weighted by Crippen LogP contribution is 2.29. The Labute approximate surface area is 124 Å². The van der Waals surface area contributed by atoms with Crippen molar-refractivity contribution in [1.82, 2.24) is 0 Å². The van der Waals surface area contributed by atoms with Crippen LogP contribution in [-0.2, 0) is 6.42 Å². The van der Waals surface area contributed by atoms with E-state index in [1.54, 1.807) is 0 Å². The van der Waals surface area contributed by atoms with Gasteiger partial charge in [-0.05, 0) is 62.6 Å². The zero-order chi connectivity index (χ0) is 14.5. The second kappa shape index (κ2) is 7.12. The van der Waals surface area contributed by atoms with Gasteiger partial charge in [0.05, 0.1) is 0 Å². The Bertz CT molecular complexity index is 425. The van der Waals surface area contributed by atoms with Crippen molar-refractivity contribution in [3.63, 3.8) is 0 Å². The van der Waals surface area contributed by atoms with Crippen LogP contribution in [0.4, 0.5) is 5.69 Å². The minimum atomic E-state index is 0.735. The second-order valence-corrected chi connectivity index (χ2v) is 6.59. The molecule has 112 valence electrons. The topological polar surface area (TPSA) is 29.3 Å². The van der Waals surface area contributed by atoms with Crippen LogP contribution >= 0.6 is 0 Å². The van der Waals surface area contributed by atoms with E-state index in [9.17, 15) is 0 Å². The first-order valence-electron chi connectivity index (χ1n) is 8.16. The molecular weight excluding hydrogens is 244 g/mol.